The largest absolute Gasteiger partial charge is 0.273 e. The summed E-state index contributed by atoms with van der Waals surface area (Å²) in [5.41, 5.74) is 2.50. The molecule has 1 fully saturated rings. The van der Waals surface area contributed by atoms with Crippen molar-refractivity contribution < 1.29 is 13.2 Å². The summed E-state index contributed by atoms with van der Waals surface area (Å²) < 4.78 is 25.1. The van der Waals surface area contributed by atoms with Gasteiger partial charge in [-0.15, -0.1) is 11.3 Å². The van der Waals surface area contributed by atoms with Crippen LogP contribution in [0.3, 0.4) is 0 Å². The monoisotopic (exact) mass is 329 g/mol. The third kappa shape index (κ3) is 4.36. The summed E-state index contributed by atoms with van der Waals surface area (Å²) in [7, 11) is -3.23. The van der Waals surface area contributed by atoms with Crippen molar-refractivity contribution in [1.29, 1.82) is 0 Å². The van der Waals surface area contributed by atoms with E-state index in [-0.39, 0.29) is 24.1 Å². The molecule has 0 radical (unpaired) electrons. The summed E-state index contributed by atoms with van der Waals surface area (Å²) in [5.74, 6) is -0.489. The molecule has 1 aliphatic heterocycles. The Morgan fingerprint density at radius 1 is 1.62 bits per heavy atom. The van der Waals surface area contributed by atoms with Crippen LogP contribution in [0, 0.1) is 5.92 Å². The Labute approximate surface area is 128 Å². The lowest BCUT2D eigenvalue weighted by Crippen LogP contribution is -2.45. The van der Waals surface area contributed by atoms with Gasteiger partial charge in [0.1, 0.15) is 0 Å². The molecular weight excluding hydrogens is 310 g/mol. The Kier molecular flexibility index (Phi) is 5.49. The highest BCUT2D eigenvalue weighted by Crippen LogP contribution is 2.19. The van der Waals surface area contributed by atoms with Crippen LogP contribution < -0.4 is 5.43 Å². The van der Waals surface area contributed by atoms with E-state index in [4.69, 9.17) is 0 Å². The maximum absolute atomic E-state index is 12.0. The van der Waals surface area contributed by atoms with E-state index >= 15 is 0 Å². The first kappa shape index (κ1) is 16.1. The van der Waals surface area contributed by atoms with Crippen molar-refractivity contribution in [2.24, 2.45) is 11.0 Å². The third-order valence-electron chi connectivity index (χ3n) is 3.42. The van der Waals surface area contributed by atoms with Gasteiger partial charge in [0.15, 0.2) is 0 Å². The minimum atomic E-state index is -3.23. The quantitative estimate of drug-likeness (QED) is 0.652. The van der Waals surface area contributed by atoms with Crippen LogP contribution in [-0.4, -0.2) is 43.7 Å². The summed E-state index contributed by atoms with van der Waals surface area (Å²) in [4.78, 5) is 13.0. The summed E-state index contributed by atoms with van der Waals surface area (Å²) in [6.45, 7) is 2.36. The van der Waals surface area contributed by atoms with Gasteiger partial charge in [-0.3, -0.25) is 4.79 Å². The molecular formula is C13H19N3O3S2. The molecule has 2 heterocycles. The number of sulfonamides is 1. The summed E-state index contributed by atoms with van der Waals surface area (Å²) in [5, 5.41) is 5.84. The highest BCUT2D eigenvalue weighted by atomic mass is 32.2. The Balaban J connectivity index is 1.90. The number of hydrogen-bond donors (Lipinski definition) is 1. The fourth-order valence-corrected chi connectivity index (χ4v) is 3.97. The van der Waals surface area contributed by atoms with Gasteiger partial charge in [0, 0.05) is 18.0 Å². The third-order valence-corrected chi connectivity index (χ3v) is 6.08. The molecule has 1 aromatic rings. The first-order chi connectivity index (χ1) is 10.0. The van der Waals surface area contributed by atoms with E-state index in [1.54, 1.807) is 13.1 Å². The summed E-state index contributed by atoms with van der Waals surface area (Å²) in [6.07, 6.45) is 2.98. The van der Waals surface area contributed by atoms with Crippen molar-refractivity contribution in [2.75, 3.05) is 18.8 Å². The summed E-state index contributed by atoms with van der Waals surface area (Å²) in [6, 6.07) is 3.80. The molecule has 8 heteroatoms. The molecule has 1 unspecified atom stereocenters. The van der Waals surface area contributed by atoms with Gasteiger partial charge in [-0.25, -0.2) is 18.1 Å². The lowest BCUT2D eigenvalue weighted by Gasteiger charge is -2.30. The van der Waals surface area contributed by atoms with Gasteiger partial charge in [0.2, 0.25) is 15.9 Å². The minimum Gasteiger partial charge on any atom is -0.273 e. The van der Waals surface area contributed by atoms with Gasteiger partial charge in [0.25, 0.3) is 0 Å². The number of carbonyl (C=O) groups excluding carboxylic acids is 1. The van der Waals surface area contributed by atoms with Crippen LogP contribution in [0.15, 0.2) is 22.6 Å². The molecule has 0 aliphatic carbocycles. The molecule has 1 atom stereocenters. The average Bonchev–Trinajstić information content (AvgIpc) is 3.00. The highest BCUT2D eigenvalue weighted by Gasteiger charge is 2.31. The number of hydrazone groups is 1. The molecule has 1 amide bonds. The Hall–Kier alpha value is -1.25. The average molecular weight is 329 g/mol. The maximum atomic E-state index is 12.0. The smallest absolute Gasteiger partial charge is 0.244 e. The molecule has 2 rings (SSSR count). The van der Waals surface area contributed by atoms with Gasteiger partial charge in [-0.2, -0.15) is 5.10 Å². The van der Waals surface area contributed by atoms with E-state index in [9.17, 15) is 13.2 Å². The number of rotatable bonds is 5. The fraction of sp³-hybridized carbons (Fsp3) is 0.538. The first-order valence-electron chi connectivity index (χ1n) is 6.87. The van der Waals surface area contributed by atoms with Gasteiger partial charge in [-0.05, 0) is 31.2 Å². The van der Waals surface area contributed by atoms with Crippen LogP contribution in [0.1, 0.15) is 24.6 Å². The maximum Gasteiger partial charge on any atom is 0.244 e. The fourth-order valence-electron chi connectivity index (χ4n) is 2.21. The van der Waals surface area contributed by atoms with Gasteiger partial charge in [-0.1, -0.05) is 6.07 Å². The van der Waals surface area contributed by atoms with Crippen LogP contribution in [-0.2, 0) is 14.8 Å². The zero-order valence-corrected chi connectivity index (χ0v) is 13.5. The van der Waals surface area contributed by atoms with E-state index in [1.807, 2.05) is 17.5 Å². The first-order valence-corrected chi connectivity index (χ1v) is 9.36. The zero-order chi connectivity index (χ0) is 15.3. The second kappa shape index (κ2) is 7.15. The van der Waals surface area contributed by atoms with E-state index in [2.05, 4.69) is 10.5 Å². The van der Waals surface area contributed by atoms with Crippen molar-refractivity contribution >= 4 is 33.5 Å². The number of amides is 1. The van der Waals surface area contributed by atoms with Gasteiger partial charge < -0.3 is 0 Å². The molecule has 1 saturated heterocycles. The number of hydrogen-bond acceptors (Lipinski definition) is 5. The van der Waals surface area contributed by atoms with Crippen molar-refractivity contribution in [2.45, 2.75) is 19.8 Å². The number of carbonyl (C=O) groups is 1. The molecule has 0 aromatic carbocycles. The van der Waals surface area contributed by atoms with Crippen LogP contribution in [0.25, 0.3) is 0 Å². The van der Waals surface area contributed by atoms with E-state index < -0.39 is 10.0 Å². The van der Waals surface area contributed by atoms with Gasteiger partial charge in [0.05, 0.1) is 17.9 Å². The molecule has 1 aromatic heterocycles. The zero-order valence-electron chi connectivity index (χ0n) is 11.9. The normalized spacial score (nSPS) is 20.7. The molecule has 21 heavy (non-hydrogen) atoms. The van der Waals surface area contributed by atoms with Crippen LogP contribution in [0.5, 0.6) is 0 Å². The highest BCUT2D eigenvalue weighted by molar-refractivity contribution is 7.89. The lowest BCUT2D eigenvalue weighted by molar-refractivity contribution is -0.126. The molecule has 0 bridgehead atoms. The number of nitrogens with zero attached hydrogens (tertiary/aromatic N) is 2. The van der Waals surface area contributed by atoms with Crippen LogP contribution >= 0.6 is 11.3 Å². The van der Waals surface area contributed by atoms with Crippen LogP contribution in [0.4, 0.5) is 0 Å². The molecule has 0 spiro atoms. The van der Waals surface area contributed by atoms with E-state index in [1.165, 1.54) is 15.6 Å². The second-order valence-corrected chi connectivity index (χ2v) is 8.08. The van der Waals surface area contributed by atoms with Crippen molar-refractivity contribution in [1.82, 2.24) is 9.73 Å². The number of piperidine rings is 1. The molecule has 6 nitrogen and oxygen atoms in total. The Bertz CT molecular complexity index is 596. The predicted molar refractivity (Wildman–Crippen MR) is 83.8 cm³/mol. The Morgan fingerprint density at radius 3 is 3.10 bits per heavy atom. The minimum absolute atomic E-state index is 0.0673. The lowest BCUT2D eigenvalue weighted by atomic mass is 9.99. The Morgan fingerprint density at radius 2 is 2.43 bits per heavy atom. The van der Waals surface area contributed by atoms with Crippen molar-refractivity contribution in [3.63, 3.8) is 0 Å². The summed E-state index contributed by atoms with van der Waals surface area (Å²) >= 11 is 1.53. The topological polar surface area (TPSA) is 78.8 Å². The second-order valence-electron chi connectivity index (χ2n) is 4.85. The van der Waals surface area contributed by atoms with Crippen LogP contribution in [0.2, 0.25) is 0 Å². The van der Waals surface area contributed by atoms with Gasteiger partial charge >= 0.3 is 0 Å². The molecule has 1 N–H and O–H groups in total. The molecule has 0 saturated carbocycles. The number of nitrogens with one attached hydrogen (secondary N) is 1. The predicted octanol–water partition coefficient (Wildman–Crippen LogP) is 1.26. The van der Waals surface area contributed by atoms with E-state index in [0.29, 0.717) is 19.4 Å². The van der Waals surface area contributed by atoms with E-state index in [0.717, 1.165) is 4.88 Å². The van der Waals surface area contributed by atoms with Crippen molar-refractivity contribution in [3.05, 3.63) is 22.4 Å². The SMILES string of the molecule is CCS(=O)(=O)N1CCCC(C(=O)N/N=C/c2cccs2)C1. The van der Waals surface area contributed by atoms with Crippen molar-refractivity contribution in [3.8, 4) is 0 Å². The molecule has 116 valence electrons. The number of thiophene rings is 1. The molecule has 1 aliphatic rings. The standard InChI is InChI=1S/C13H19N3O3S2/c1-2-21(18,19)16-7-3-5-11(10-16)13(17)15-14-9-12-6-4-8-20-12/h4,6,8-9,11H,2-3,5,7,10H2,1H3,(H,15,17)/b14-9+.